The average molecular weight is 221 g/mol. The highest BCUT2D eigenvalue weighted by atomic mass is 19.1. The van der Waals surface area contributed by atoms with Crippen LogP contribution in [0.1, 0.15) is 18.9 Å². The maximum atomic E-state index is 12.6. The van der Waals surface area contributed by atoms with Gasteiger partial charge in [0, 0.05) is 12.5 Å². The number of carbonyl (C=O) groups is 1. The quantitative estimate of drug-likeness (QED) is 0.829. The van der Waals surface area contributed by atoms with Gasteiger partial charge in [-0.15, -0.1) is 0 Å². The van der Waals surface area contributed by atoms with E-state index in [4.69, 9.17) is 0 Å². The maximum absolute atomic E-state index is 12.6. The number of carbonyl (C=O) groups excluding carboxylic acids is 1. The SMILES string of the molecule is C[C@@H]1C[C@H]1C(=O)NCCc1ccc(F)cc1. The Morgan fingerprint density at radius 3 is 2.62 bits per heavy atom. The molecule has 16 heavy (non-hydrogen) atoms. The first kappa shape index (κ1) is 11.1. The fourth-order valence-corrected chi connectivity index (χ4v) is 1.80. The van der Waals surface area contributed by atoms with Gasteiger partial charge in [0.25, 0.3) is 0 Å². The molecule has 86 valence electrons. The van der Waals surface area contributed by atoms with Gasteiger partial charge >= 0.3 is 0 Å². The molecule has 1 amide bonds. The Morgan fingerprint density at radius 1 is 1.44 bits per heavy atom. The normalized spacial score (nSPS) is 22.9. The zero-order valence-corrected chi connectivity index (χ0v) is 9.37. The van der Waals surface area contributed by atoms with Gasteiger partial charge in [-0.3, -0.25) is 4.79 Å². The summed E-state index contributed by atoms with van der Waals surface area (Å²) in [5.74, 6) is 0.716. The zero-order chi connectivity index (χ0) is 11.5. The van der Waals surface area contributed by atoms with E-state index in [-0.39, 0.29) is 17.6 Å². The first-order chi connectivity index (χ1) is 7.66. The molecule has 1 saturated carbocycles. The summed E-state index contributed by atoms with van der Waals surface area (Å²) in [4.78, 5) is 11.5. The van der Waals surface area contributed by atoms with Crippen LogP contribution in [0.5, 0.6) is 0 Å². The maximum Gasteiger partial charge on any atom is 0.223 e. The molecule has 0 radical (unpaired) electrons. The molecular weight excluding hydrogens is 205 g/mol. The summed E-state index contributed by atoms with van der Waals surface area (Å²) < 4.78 is 12.6. The molecular formula is C13H16FNO. The Morgan fingerprint density at radius 2 is 2.06 bits per heavy atom. The second-order valence-electron chi connectivity index (χ2n) is 4.49. The molecule has 0 aliphatic heterocycles. The van der Waals surface area contributed by atoms with Crippen molar-refractivity contribution in [3.8, 4) is 0 Å². The summed E-state index contributed by atoms with van der Waals surface area (Å²) in [5, 5.41) is 2.91. The third-order valence-electron chi connectivity index (χ3n) is 3.07. The van der Waals surface area contributed by atoms with Crippen molar-refractivity contribution in [3.63, 3.8) is 0 Å². The van der Waals surface area contributed by atoms with Gasteiger partial charge in [-0.2, -0.15) is 0 Å². The highest BCUT2D eigenvalue weighted by Gasteiger charge is 2.38. The molecule has 1 fully saturated rings. The Kier molecular flexibility index (Phi) is 3.22. The smallest absolute Gasteiger partial charge is 0.223 e. The van der Waals surface area contributed by atoms with Gasteiger partial charge in [0.2, 0.25) is 5.91 Å². The molecule has 2 rings (SSSR count). The first-order valence-electron chi connectivity index (χ1n) is 5.69. The van der Waals surface area contributed by atoms with Crippen LogP contribution in [0.15, 0.2) is 24.3 Å². The van der Waals surface area contributed by atoms with Gasteiger partial charge in [0.1, 0.15) is 5.82 Å². The van der Waals surface area contributed by atoms with E-state index in [2.05, 4.69) is 12.2 Å². The summed E-state index contributed by atoms with van der Waals surface area (Å²) in [6.45, 7) is 2.72. The molecule has 2 nitrogen and oxygen atoms in total. The molecule has 0 aromatic heterocycles. The molecule has 1 aromatic carbocycles. The van der Waals surface area contributed by atoms with Gasteiger partial charge in [0.15, 0.2) is 0 Å². The highest BCUT2D eigenvalue weighted by molar-refractivity contribution is 5.81. The number of hydrogen-bond acceptors (Lipinski definition) is 1. The minimum absolute atomic E-state index is 0.162. The zero-order valence-electron chi connectivity index (χ0n) is 9.37. The lowest BCUT2D eigenvalue weighted by Gasteiger charge is -2.04. The van der Waals surface area contributed by atoms with Crippen LogP contribution < -0.4 is 5.32 Å². The van der Waals surface area contributed by atoms with E-state index < -0.39 is 0 Å². The largest absolute Gasteiger partial charge is 0.356 e. The van der Waals surface area contributed by atoms with Crippen molar-refractivity contribution in [1.82, 2.24) is 5.32 Å². The summed E-state index contributed by atoms with van der Waals surface area (Å²) in [6, 6.07) is 6.39. The van der Waals surface area contributed by atoms with Crippen molar-refractivity contribution in [2.45, 2.75) is 19.8 Å². The lowest BCUT2D eigenvalue weighted by Crippen LogP contribution is -2.27. The predicted molar refractivity (Wildman–Crippen MR) is 60.4 cm³/mol. The summed E-state index contributed by atoms with van der Waals surface area (Å²) in [6.07, 6.45) is 1.77. The Hall–Kier alpha value is -1.38. The summed E-state index contributed by atoms with van der Waals surface area (Å²) in [5.41, 5.74) is 1.05. The van der Waals surface area contributed by atoms with Gasteiger partial charge in [-0.05, 0) is 36.5 Å². The second kappa shape index (κ2) is 4.64. The fourth-order valence-electron chi connectivity index (χ4n) is 1.80. The second-order valence-corrected chi connectivity index (χ2v) is 4.49. The minimum atomic E-state index is -0.223. The molecule has 1 aliphatic carbocycles. The van der Waals surface area contributed by atoms with E-state index in [0.717, 1.165) is 18.4 Å². The Balaban J connectivity index is 1.71. The molecule has 0 bridgehead atoms. The standard InChI is InChI=1S/C13H16FNO/c1-9-8-12(9)13(16)15-7-6-10-2-4-11(14)5-3-10/h2-5,9,12H,6-8H2,1H3,(H,15,16)/t9-,12-/m1/s1. The van der Waals surface area contributed by atoms with Crippen LogP contribution in [0.2, 0.25) is 0 Å². The van der Waals surface area contributed by atoms with E-state index in [1.807, 2.05) is 0 Å². The van der Waals surface area contributed by atoms with Crippen molar-refractivity contribution in [2.75, 3.05) is 6.54 Å². The van der Waals surface area contributed by atoms with Crippen molar-refractivity contribution < 1.29 is 9.18 Å². The van der Waals surface area contributed by atoms with Gasteiger partial charge < -0.3 is 5.32 Å². The summed E-state index contributed by atoms with van der Waals surface area (Å²) in [7, 11) is 0. The monoisotopic (exact) mass is 221 g/mol. The molecule has 1 aliphatic rings. The first-order valence-corrected chi connectivity index (χ1v) is 5.69. The number of hydrogen-bond donors (Lipinski definition) is 1. The van der Waals surface area contributed by atoms with Gasteiger partial charge in [-0.1, -0.05) is 19.1 Å². The van der Waals surface area contributed by atoms with Crippen LogP contribution in [-0.2, 0) is 11.2 Å². The molecule has 0 spiro atoms. The lowest BCUT2D eigenvalue weighted by molar-refractivity contribution is -0.122. The van der Waals surface area contributed by atoms with Crippen molar-refractivity contribution >= 4 is 5.91 Å². The molecule has 1 aromatic rings. The van der Waals surface area contributed by atoms with Crippen molar-refractivity contribution in [3.05, 3.63) is 35.6 Å². The van der Waals surface area contributed by atoms with Crippen LogP contribution >= 0.6 is 0 Å². The van der Waals surface area contributed by atoms with Gasteiger partial charge in [-0.25, -0.2) is 4.39 Å². The van der Waals surface area contributed by atoms with Crippen LogP contribution in [0.3, 0.4) is 0 Å². The number of benzene rings is 1. The van der Waals surface area contributed by atoms with Crippen LogP contribution in [0.4, 0.5) is 4.39 Å². The molecule has 0 unspecified atom stereocenters. The molecule has 2 atom stereocenters. The Labute approximate surface area is 94.9 Å². The van der Waals surface area contributed by atoms with Crippen molar-refractivity contribution in [2.24, 2.45) is 11.8 Å². The fraction of sp³-hybridized carbons (Fsp3) is 0.462. The van der Waals surface area contributed by atoms with Crippen LogP contribution in [0.25, 0.3) is 0 Å². The van der Waals surface area contributed by atoms with Gasteiger partial charge in [0.05, 0.1) is 0 Å². The summed E-state index contributed by atoms with van der Waals surface area (Å²) >= 11 is 0. The van der Waals surface area contributed by atoms with E-state index in [1.165, 1.54) is 12.1 Å². The van der Waals surface area contributed by atoms with E-state index >= 15 is 0 Å². The Bertz CT molecular complexity index is 374. The van der Waals surface area contributed by atoms with E-state index in [9.17, 15) is 9.18 Å². The molecule has 1 N–H and O–H groups in total. The predicted octanol–water partition coefficient (Wildman–Crippen LogP) is 2.14. The van der Waals surface area contributed by atoms with E-state index in [0.29, 0.717) is 12.5 Å². The average Bonchev–Trinajstić information content (AvgIpc) is 2.98. The van der Waals surface area contributed by atoms with Crippen LogP contribution in [0, 0.1) is 17.7 Å². The topological polar surface area (TPSA) is 29.1 Å². The molecule has 0 saturated heterocycles. The number of amides is 1. The third kappa shape index (κ3) is 2.81. The molecule has 3 heteroatoms. The number of rotatable bonds is 4. The number of halogens is 1. The van der Waals surface area contributed by atoms with Crippen LogP contribution in [-0.4, -0.2) is 12.5 Å². The number of nitrogens with one attached hydrogen (secondary N) is 1. The lowest BCUT2D eigenvalue weighted by atomic mass is 10.1. The molecule has 0 heterocycles. The van der Waals surface area contributed by atoms with E-state index in [1.54, 1.807) is 12.1 Å². The third-order valence-corrected chi connectivity index (χ3v) is 3.07. The minimum Gasteiger partial charge on any atom is -0.356 e. The van der Waals surface area contributed by atoms with Crippen molar-refractivity contribution in [1.29, 1.82) is 0 Å². The highest BCUT2D eigenvalue weighted by Crippen LogP contribution is 2.37.